The summed E-state index contributed by atoms with van der Waals surface area (Å²) in [5.41, 5.74) is 0.357. The Labute approximate surface area is 182 Å². The molecule has 0 radical (unpaired) electrons. The second kappa shape index (κ2) is 9.98. The van der Waals surface area contributed by atoms with Gasteiger partial charge in [-0.15, -0.1) is 0 Å². The van der Waals surface area contributed by atoms with Crippen molar-refractivity contribution in [2.24, 2.45) is 0 Å². The minimum atomic E-state index is -0.637. The summed E-state index contributed by atoms with van der Waals surface area (Å²) in [5, 5.41) is 3.11. The van der Waals surface area contributed by atoms with Crippen LogP contribution in [-0.2, 0) is 14.3 Å². The van der Waals surface area contributed by atoms with E-state index in [1.54, 1.807) is 0 Å². The van der Waals surface area contributed by atoms with Crippen molar-refractivity contribution in [1.29, 1.82) is 0 Å². The second-order valence-electron chi connectivity index (χ2n) is 6.18. The van der Waals surface area contributed by atoms with Gasteiger partial charge >= 0.3 is 0 Å². The van der Waals surface area contributed by atoms with Crippen LogP contribution in [-0.4, -0.2) is 67.3 Å². The molecule has 160 valence electrons. The summed E-state index contributed by atoms with van der Waals surface area (Å²) in [6.45, 7) is 0.842. The van der Waals surface area contributed by atoms with Gasteiger partial charge in [-0.1, -0.05) is 23.2 Å². The standard InChI is InChI=1S/C18H19Cl2N5O5/c1-25(17-12(28-2)5-10(19)6-22-17)14(26)8-23-18(27)16-21-7-11(20)15(24-16)13-9-29-3-4-30-13/h5-7,13H,3-4,8-9H2,1-2H3,(H,23,27)/t13-/m0/s1. The lowest BCUT2D eigenvalue weighted by Crippen LogP contribution is -2.39. The van der Waals surface area contributed by atoms with Crippen LogP contribution < -0.4 is 15.0 Å². The summed E-state index contributed by atoms with van der Waals surface area (Å²) >= 11 is 12.0. The topological polar surface area (TPSA) is 116 Å². The molecule has 12 heteroatoms. The normalized spacial score (nSPS) is 16.1. The Morgan fingerprint density at radius 3 is 2.80 bits per heavy atom. The van der Waals surface area contributed by atoms with E-state index < -0.39 is 17.9 Å². The number of aromatic nitrogens is 3. The number of methoxy groups -OCH3 is 1. The van der Waals surface area contributed by atoms with E-state index >= 15 is 0 Å². The van der Waals surface area contributed by atoms with E-state index in [-0.39, 0.29) is 29.8 Å². The average Bonchev–Trinajstić information content (AvgIpc) is 2.77. The molecular weight excluding hydrogens is 437 g/mol. The summed E-state index contributed by atoms with van der Waals surface area (Å²) in [4.78, 5) is 38.4. The molecule has 3 heterocycles. The Balaban J connectivity index is 1.66. The number of carbonyl (C=O) groups is 2. The Bertz CT molecular complexity index is 939. The van der Waals surface area contributed by atoms with Crippen LogP contribution in [0.5, 0.6) is 5.75 Å². The van der Waals surface area contributed by atoms with Crippen molar-refractivity contribution in [3.05, 3.63) is 40.0 Å². The number of nitrogens with zero attached hydrogens (tertiary/aromatic N) is 4. The minimum Gasteiger partial charge on any atom is -0.493 e. The van der Waals surface area contributed by atoms with Crippen LogP contribution in [0, 0.1) is 0 Å². The molecule has 3 rings (SSSR count). The van der Waals surface area contributed by atoms with Gasteiger partial charge in [0.05, 0.1) is 55.4 Å². The predicted octanol–water partition coefficient (Wildman–Crippen LogP) is 1.67. The fourth-order valence-electron chi connectivity index (χ4n) is 2.65. The molecule has 0 bridgehead atoms. The van der Waals surface area contributed by atoms with Gasteiger partial charge in [-0.25, -0.2) is 15.0 Å². The maximum Gasteiger partial charge on any atom is 0.289 e. The molecule has 0 spiro atoms. The van der Waals surface area contributed by atoms with E-state index in [2.05, 4.69) is 20.3 Å². The molecule has 1 N–H and O–H groups in total. The third-order valence-electron chi connectivity index (χ3n) is 4.21. The Kier molecular flexibility index (Phi) is 7.38. The fourth-order valence-corrected chi connectivity index (χ4v) is 3.01. The third-order valence-corrected chi connectivity index (χ3v) is 4.70. The van der Waals surface area contributed by atoms with Crippen molar-refractivity contribution >= 4 is 40.8 Å². The molecular formula is C18H19Cl2N5O5. The zero-order chi connectivity index (χ0) is 21.7. The molecule has 1 aliphatic heterocycles. The molecule has 0 unspecified atom stereocenters. The van der Waals surface area contributed by atoms with Gasteiger partial charge in [0.2, 0.25) is 11.7 Å². The van der Waals surface area contributed by atoms with E-state index in [0.717, 1.165) is 0 Å². The molecule has 1 fully saturated rings. The van der Waals surface area contributed by atoms with Gasteiger partial charge in [0.15, 0.2) is 11.6 Å². The van der Waals surface area contributed by atoms with Gasteiger partial charge in [-0.2, -0.15) is 0 Å². The summed E-state index contributed by atoms with van der Waals surface area (Å²) in [6, 6.07) is 1.53. The van der Waals surface area contributed by atoms with Crippen molar-refractivity contribution in [3.8, 4) is 5.75 Å². The van der Waals surface area contributed by atoms with E-state index in [1.165, 1.54) is 37.5 Å². The first kappa shape index (κ1) is 22.2. The summed E-state index contributed by atoms with van der Waals surface area (Å²) in [5.74, 6) is -0.621. The Morgan fingerprint density at radius 1 is 1.30 bits per heavy atom. The molecule has 0 aromatic carbocycles. The molecule has 1 aliphatic rings. The first-order chi connectivity index (χ1) is 14.4. The number of pyridine rings is 1. The van der Waals surface area contributed by atoms with Crippen LogP contribution in [0.15, 0.2) is 18.5 Å². The monoisotopic (exact) mass is 455 g/mol. The maximum absolute atomic E-state index is 12.5. The number of nitrogens with one attached hydrogen (secondary N) is 1. The smallest absolute Gasteiger partial charge is 0.289 e. The molecule has 2 aromatic rings. The van der Waals surface area contributed by atoms with E-state index in [1.807, 2.05) is 0 Å². The summed E-state index contributed by atoms with van der Waals surface area (Å²) in [6.07, 6.45) is 2.21. The van der Waals surface area contributed by atoms with Gasteiger partial charge in [0.1, 0.15) is 6.10 Å². The molecule has 10 nitrogen and oxygen atoms in total. The van der Waals surface area contributed by atoms with Crippen molar-refractivity contribution in [1.82, 2.24) is 20.3 Å². The SMILES string of the molecule is COc1cc(Cl)cnc1N(C)C(=O)CNC(=O)c1ncc(Cl)c([C@@H]2COCCO2)n1. The second-order valence-corrected chi connectivity index (χ2v) is 7.02. The first-order valence-electron chi connectivity index (χ1n) is 8.86. The fraction of sp³-hybridized carbons (Fsp3) is 0.389. The number of hydrogen-bond donors (Lipinski definition) is 1. The highest BCUT2D eigenvalue weighted by molar-refractivity contribution is 6.31. The van der Waals surface area contributed by atoms with Crippen molar-refractivity contribution in [2.75, 3.05) is 45.4 Å². The molecule has 0 aliphatic carbocycles. The van der Waals surface area contributed by atoms with Gasteiger partial charge in [0, 0.05) is 19.3 Å². The lowest BCUT2D eigenvalue weighted by Gasteiger charge is -2.23. The summed E-state index contributed by atoms with van der Waals surface area (Å²) in [7, 11) is 2.94. The highest BCUT2D eigenvalue weighted by atomic mass is 35.5. The van der Waals surface area contributed by atoms with Crippen LogP contribution in [0.3, 0.4) is 0 Å². The highest BCUT2D eigenvalue weighted by Crippen LogP contribution is 2.28. The van der Waals surface area contributed by atoms with Crippen LogP contribution in [0.4, 0.5) is 5.82 Å². The number of anilines is 1. The minimum absolute atomic E-state index is 0.138. The largest absolute Gasteiger partial charge is 0.493 e. The lowest BCUT2D eigenvalue weighted by atomic mass is 10.2. The molecule has 1 atom stereocenters. The first-order valence-corrected chi connectivity index (χ1v) is 9.62. The highest BCUT2D eigenvalue weighted by Gasteiger charge is 2.24. The van der Waals surface area contributed by atoms with Crippen molar-refractivity contribution in [3.63, 3.8) is 0 Å². The van der Waals surface area contributed by atoms with E-state index in [9.17, 15) is 9.59 Å². The van der Waals surface area contributed by atoms with Crippen LogP contribution in [0.25, 0.3) is 0 Å². The van der Waals surface area contributed by atoms with Crippen molar-refractivity contribution < 1.29 is 23.8 Å². The molecule has 1 saturated heterocycles. The molecule has 2 aromatic heterocycles. The average molecular weight is 456 g/mol. The van der Waals surface area contributed by atoms with Crippen LogP contribution in [0.1, 0.15) is 22.4 Å². The van der Waals surface area contributed by atoms with E-state index in [4.69, 9.17) is 37.4 Å². The van der Waals surface area contributed by atoms with Crippen molar-refractivity contribution in [2.45, 2.75) is 6.10 Å². The number of rotatable bonds is 6. The zero-order valence-electron chi connectivity index (χ0n) is 16.2. The molecule has 30 heavy (non-hydrogen) atoms. The molecule has 0 saturated carbocycles. The number of carbonyl (C=O) groups excluding carboxylic acids is 2. The Hall–Kier alpha value is -2.53. The van der Waals surface area contributed by atoms with Crippen LogP contribution in [0.2, 0.25) is 10.0 Å². The molecule has 2 amide bonds. The number of amides is 2. The third kappa shape index (κ3) is 5.14. The number of likely N-dealkylation sites (N-methyl/N-ethyl adjacent to an activating group) is 1. The quantitative estimate of drug-likeness (QED) is 0.698. The van der Waals surface area contributed by atoms with Gasteiger partial charge in [-0.3, -0.25) is 14.5 Å². The number of halogens is 2. The number of ether oxygens (including phenoxy) is 3. The van der Waals surface area contributed by atoms with E-state index in [0.29, 0.717) is 29.7 Å². The number of hydrogen-bond acceptors (Lipinski definition) is 8. The summed E-state index contributed by atoms with van der Waals surface area (Å²) < 4.78 is 16.1. The van der Waals surface area contributed by atoms with Crippen LogP contribution >= 0.6 is 23.2 Å². The predicted molar refractivity (Wildman–Crippen MR) is 108 cm³/mol. The maximum atomic E-state index is 12.5. The zero-order valence-corrected chi connectivity index (χ0v) is 17.7. The lowest BCUT2D eigenvalue weighted by molar-refractivity contribution is -0.117. The van der Waals surface area contributed by atoms with Gasteiger partial charge in [-0.05, 0) is 0 Å². The van der Waals surface area contributed by atoms with Gasteiger partial charge < -0.3 is 19.5 Å². The van der Waals surface area contributed by atoms with Gasteiger partial charge in [0.25, 0.3) is 5.91 Å². The Morgan fingerprint density at radius 2 is 2.10 bits per heavy atom.